The number of aromatic amines is 1. The SMILES string of the molecule is O=C(O)C(Cc1c[nH]c2ccccc12)NC(=O)C(CO)NC(=O)C(Cc1ccc(O)cc1)NC(=O)C1CCCN1. The second-order valence-corrected chi connectivity index (χ2v) is 9.79. The van der Waals surface area contributed by atoms with Gasteiger partial charge < -0.3 is 41.6 Å². The lowest BCUT2D eigenvalue weighted by atomic mass is 10.0. The third-order valence-electron chi connectivity index (χ3n) is 6.92. The molecule has 1 aliphatic rings. The number of carbonyl (C=O) groups excluding carboxylic acids is 3. The van der Waals surface area contributed by atoms with Crippen LogP contribution in [0.2, 0.25) is 0 Å². The number of fused-ring (bicyclic) bond motifs is 1. The Hall–Kier alpha value is -4.42. The zero-order chi connectivity index (χ0) is 28.6. The second-order valence-electron chi connectivity index (χ2n) is 9.79. The number of phenolic OH excluding ortho intramolecular Hbond substituents is 1. The number of carboxylic acid groups (broad SMARTS) is 1. The molecule has 4 rings (SSSR count). The maximum absolute atomic E-state index is 13.3. The van der Waals surface area contributed by atoms with Crippen LogP contribution in [0.5, 0.6) is 5.75 Å². The standard InChI is InChI=1S/C28H33N5O7/c34-15-24(27(38)32-23(28(39)40)13-17-14-30-20-5-2-1-4-19(17)20)33-26(37)22(12-16-7-9-18(35)10-8-16)31-25(36)21-6-3-11-29-21/h1-2,4-5,7-10,14,21-24,29-30,34-35H,3,6,11-13,15H2,(H,31,36)(H,32,38)(H,33,37)(H,39,40). The summed E-state index contributed by atoms with van der Waals surface area (Å²) in [6.07, 6.45) is 3.15. The highest BCUT2D eigenvalue weighted by Crippen LogP contribution is 2.19. The number of benzene rings is 2. The van der Waals surface area contributed by atoms with Crippen molar-refractivity contribution >= 4 is 34.6 Å². The van der Waals surface area contributed by atoms with Gasteiger partial charge in [-0.2, -0.15) is 0 Å². The van der Waals surface area contributed by atoms with Gasteiger partial charge >= 0.3 is 5.97 Å². The lowest BCUT2D eigenvalue weighted by Gasteiger charge is -2.24. The van der Waals surface area contributed by atoms with Crippen LogP contribution in [-0.4, -0.2) is 81.3 Å². The molecule has 2 heterocycles. The maximum Gasteiger partial charge on any atom is 0.326 e. The number of nitrogens with one attached hydrogen (secondary N) is 5. The van der Waals surface area contributed by atoms with E-state index in [1.807, 2.05) is 24.3 Å². The first-order chi connectivity index (χ1) is 19.2. The largest absolute Gasteiger partial charge is 0.508 e. The average molecular weight is 552 g/mol. The van der Waals surface area contributed by atoms with E-state index in [-0.39, 0.29) is 24.5 Å². The van der Waals surface area contributed by atoms with Gasteiger partial charge in [0.1, 0.15) is 23.9 Å². The van der Waals surface area contributed by atoms with Crippen molar-refractivity contribution < 1.29 is 34.5 Å². The molecule has 40 heavy (non-hydrogen) atoms. The van der Waals surface area contributed by atoms with Gasteiger partial charge in [-0.3, -0.25) is 14.4 Å². The molecular weight excluding hydrogens is 518 g/mol. The van der Waals surface area contributed by atoms with Gasteiger partial charge in [0.25, 0.3) is 0 Å². The Bertz CT molecular complexity index is 1350. The van der Waals surface area contributed by atoms with Gasteiger partial charge in [0.15, 0.2) is 0 Å². The van der Waals surface area contributed by atoms with E-state index in [0.29, 0.717) is 24.1 Å². The number of amides is 3. The summed E-state index contributed by atoms with van der Waals surface area (Å²) in [5.74, 6) is -3.21. The fourth-order valence-electron chi connectivity index (χ4n) is 4.72. The molecular formula is C28H33N5O7. The van der Waals surface area contributed by atoms with Crippen LogP contribution in [0.1, 0.15) is 24.0 Å². The number of aromatic hydroxyl groups is 1. The molecule has 12 nitrogen and oxygen atoms in total. The summed E-state index contributed by atoms with van der Waals surface area (Å²) in [5.41, 5.74) is 2.15. The third-order valence-corrected chi connectivity index (χ3v) is 6.92. The zero-order valence-electron chi connectivity index (χ0n) is 21.7. The number of aliphatic hydroxyl groups excluding tert-OH is 1. The topological polar surface area (TPSA) is 193 Å². The van der Waals surface area contributed by atoms with E-state index in [1.54, 1.807) is 18.3 Å². The van der Waals surface area contributed by atoms with Crippen LogP contribution in [0, 0.1) is 0 Å². The van der Waals surface area contributed by atoms with Crippen LogP contribution in [0.3, 0.4) is 0 Å². The van der Waals surface area contributed by atoms with Gasteiger partial charge in [0.05, 0.1) is 12.6 Å². The van der Waals surface area contributed by atoms with Crippen molar-refractivity contribution in [2.75, 3.05) is 13.2 Å². The fourth-order valence-corrected chi connectivity index (χ4v) is 4.72. The molecule has 1 fully saturated rings. The molecule has 8 N–H and O–H groups in total. The number of hydrogen-bond donors (Lipinski definition) is 8. The van der Waals surface area contributed by atoms with Crippen molar-refractivity contribution in [3.63, 3.8) is 0 Å². The highest BCUT2D eigenvalue weighted by atomic mass is 16.4. The number of para-hydroxylation sites is 1. The summed E-state index contributed by atoms with van der Waals surface area (Å²) in [6, 6.07) is 9.14. The molecule has 3 aromatic rings. The zero-order valence-corrected chi connectivity index (χ0v) is 21.7. The summed E-state index contributed by atoms with van der Waals surface area (Å²) in [6.45, 7) is -0.107. The van der Waals surface area contributed by atoms with Crippen molar-refractivity contribution in [3.8, 4) is 5.75 Å². The lowest BCUT2D eigenvalue weighted by molar-refractivity contribution is -0.142. The van der Waals surface area contributed by atoms with Crippen molar-refractivity contribution in [2.45, 2.75) is 49.9 Å². The minimum Gasteiger partial charge on any atom is -0.508 e. The second kappa shape index (κ2) is 13.1. The molecule has 1 saturated heterocycles. The molecule has 3 amide bonds. The number of carboxylic acids is 1. The van der Waals surface area contributed by atoms with Crippen LogP contribution >= 0.6 is 0 Å². The van der Waals surface area contributed by atoms with E-state index in [9.17, 15) is 34.5 Å². The summed E-state index contributed by atoms with van der Waals surface area (Å²) in [5, 5.41) is 40.7. The third kappa shape index (κ3) is 7.16. The number of hydrogen-bond acceptors (Lipinski definition) is 7. The molecule has 4 atom stereocenters. The van der Waals surface area contributed by atoms with E-state index in [2.05, 4.69) is 26.3 Å². The first-order valence-corrected chi connectivity index (χ1v) is 13.1. The van der Waals surface area contributed by atoms with Crippen LogP contribution < -0.4 is 21.3 Å². The molecule has 0 saturated carbocycles. The van der Waals surface area contributed by atoms with E-state index < -0.39 is 48.6 Å². The minimum atomic E-state index is -1.46. The average Bonchev–Trinajstić information content (AvgIpc) is 3.63. The molecule has 1 aliphatic heterocycles. The van der Waals surface area contributed by atoms with Gasteiger partial charge in [-0.1, -0.05) is 30.3 Å². The van der Waals surface area contributed by atoms with Crippen LogP contribution in [0.15, 0.2) is 54.7 Å². The Morgan fingerprint density at radius 3 is 2.27 bits per heavy atom. The van der Waals surface area contributed by atoms with Gasteiger partial charge in [-0.25, -0.2) is 4.79 Å². The monoisotopic (exact) mass is 551 g/mol. The first-order valence-electron chi connectivity index (χ1n) is 13.1. The number of aliphatic carboxylic acids is 1. The molecule has 0 spiro atoms. The lowest BCUT2D eigenvalue weighted by Crippen LogP contribution is -2.58. The fraction of sp³-hybridized carbons (Fsp3) is 0.357. The Morgan fingerprint density at radius 2 is 1.60 bits per heavy atom. The van der Waals surface area contributed by atoms with Crippen molar-refractivity contribution in [1.29, 1.82) is 0 Å². The molecule has 0 aliphatic carbocycles. The summed E-state index contributed by atoms with van der Waals surface area (Å²) < 4.78 is 0. The Kier molecular flexibility index (Phi) is 9.35. The first kappa shape index (κ1) is 28.6. The van der Waals surface area contributed by atoms with E-state index in [4.69, 9.17) is 0 Å². The molecule has 2 aromatic carbocycles. The molecule has 12 heteroatoms. The van der Waals surface area contributed by atoms with E-state index in [0.717, 1.165) is 17.3 Å². The van der Waals surface area contributed by atoms with Gasteiger partial charge in [0, 0.05) is 29.9 Å². The van der Waals surface area contributed by atoms with Crippen molar-refractivity contribution in [1.82, 2.24) is 26.3 Å². The molecule has 0 bridgehead atoms. The molecule has 1 aromatic heterocycles. The number of carbonyl (C=O) groups is 4. The molecule has 212 valence electrons. The number of phenols is 1. The van der Waals surface area contributed by atoms with Gasteiger partial charge in [-0.05, 0) is 48.7 Å². The van der Waals surface area contributed by atoms with Gasteiger partial charge in [0.2, 0.25) is 17.7 Å². The van der Waals surface area contributed by atoms with E-state index >= 15 is 0 Å². The van der Waals surface area contributed by atoms with Crippen LogP contribution in [-0.2, 0) is 32.0 Å². The quantitative estimate of drug-likeness (QED) is 0.153. The predicted molar refractivity (Wildman–Crippen MR) is 145 cm³/mol. The summed E-state index contributed by atoms with van der Waals surface area (Å²) in [4.78, 5) is 54.0. The van der Waals surface area contributed by atoms with E-state index in [1.165, 1.54) is 12.1 Å². The summed E-state index contributed by atoms with van der Waals surface area (Å²) in [7, 11) is 0. The number of aliphatic hydroxyl groups is 1. The molecule has 4 unspecified atom stereocenters. The van der Waals surface area contributed by atoms with Gasteiger partial charge in [-0.15, -0.1) is 0 Å². The Labute approximate surface area is 230 Å². The number of aromatic nitrogens is 1. The van der Waals surface area contributed by atoms with Crippen LogP contribution in [0.4, 0.5) is 0 Å². The minimum absolute atomic E-state index is 0.0227. The number of rotatable bonds is 12. The van der Waals surface area contributed by atoms with Crippen LogP contribution in [0.25, 0.3) is 10.9 Å². The number of H-pyrrole nitrogens is 1. The Balaban J connectivity index is 1.44. The summed E-state index contributed by atoms with van der Waals surface area (Å²) >= 11 is 0. The smallest absolute Gasteiger partial charge is 0.326 e. The normalized spacial score (nSPS) is 17.1. The highest BCUT2D eigenvalue weighted by Gasteiger charge is 2.31. The Morgan fingerprint density at radius 1 is 0.900 bits per heavy atom. The highest BCUT2D eigenvalue weighted by molar-refractivity contribution is 5.94. The van der Waals surface area contributed by atoms with Crippen molar-refractivity contribution in [2.24, 2.45) is 0 Å². The van der Waals surface area contributed by atoms with Crippen molar-refractivity contribution in [3.05, 3.63) is 65.9 Å². The maximum atomic E-state index is 13.3. The predicted octanol–water partition coefficient (Wildman–Crippen LogP) is -0.0580. The molecule has 0 radical (unpaired) electrons.